The Kier molecular flexibility index (Phi) is 7.45. The Bertz CT molecular complexity index is 757. The molecule has 0 aromatic heterocycles. The molecule has 5 nitrogen and oxygen atoms in total. The molecule has 0 N–H and O–H groups in total. The summed E-state index contributed by atoms with van der Waals surface area (Å²) in [5.41, 5.74) is 2.16. The minimum atomic E-state index is -0.687. The molecule has 1 aliphatic rings. The standard InChI is InChI=1S/C24H30O5/c1-5-21-23(29-24(2,3)28-21)22(27-16-18-9-7-6-8-10-18)17-26-15-19-11-13-20(25-4)14-12-19/h5-14,21-23H,1,15-17H2,2-4H3/t21-,22+,23+/m0/s1. The average molecular weight is 398 g/mol. The lowest BCUT2D eigenvalue weighted by Crippen LogP contribution is -2.39. The molecule has 3 rings (SSSR count). The largest absolute Gasteiger partial charge is 0.497 e. The zero-order valence-corrected chi connectivity index (χ0v) is 17.4. The van der Waals surface area contributed by atoms with Crippen LogP contribution >= 0.6 is 0 Å². The average Bonchev–Trinajstić information content (AvgIpc) is 3.06. The number of hydrogen-bond donors (Lipinski definition) is 0. The first kappa shape index (κ1) is 21.5. The van der Waals surface area contributed by atoms with Crippen molar-refractivity contribution in [3.05, 3.63) is 78.4 Å². The summed E-state index contributed by atoms with van der Waals surface area (Å²) in [6, 6.07) is 17.9. The molecule has 0 unspecified atom stereocenters. The number of ether oxygens (including phenoxy) is 5. The summed E-state index contributed by atoms with van der Waals surface area (Å²) in [4.78, 5) is 0. The molecule has 3 atom stereocenters. The van der Waals surface area contributed by atoms with Crippen LogP contribution in [0.25, 0.3) is 0 Å². The summed E-state index contributed by atoms with van der Waals surface area (Å²) >= 11 is 0. The maximum absolute atomic E-state index is 6.21. The first-order chi connectivity index (χ1) is 14.0. The lowest BCUT2D eigenvalue weighted by atomic mass is 10.1. The van der Waals surface area contributed by atoms with Crippen molar-refractivity contribution in [1.82, 2.24) is 0 Å². The van der Waals surface area contributed by atoms with E-state index in [-0.39, 0.29) is 18.3 Å². The van der Waals surface area contributed by atoms with Gasteiger partial charge in [-0.25, -0.2) is 0 Å². The molecule has 2 aromatic carbocycles. The topological polar surface area (TPSA) is 46.2 Å². The normalized spacial score (nSPS) is 21.6. The van der Waals surface area contributed by atoms with E-state index in [1.54, 1.807) is 13.2 Å². The fourth-order valence-electron chi connectivity index (χ4n) is 3.32. The second-order valence-corrected chi connectivity index (χ2v) is 7.50. The highest BCUT2D eigenvalue weighted by molar-refractivity contribution is 5.26. The number of benzene rings is 2. The van der Waals surface area contributed by atoms with E-state index in [2.05, 4.69) is 6.58 Å². The third kappa shape index (κ3) is 6.15. The van der Waals surface area contributed by atoms with Gasteiger partial charge in [0.25, 0.3) is 0 Å². The lowest BCUT2D eigenvalue weighted by Gasteiger charge is -2.26. The van der Waals surface area contributed by atoms with Gasteiger partial charge >= 0.3 is 0 Å². The maximum Gasteiger partial charge on any atom is 0.164 e. The number of rotatable bonds is 10. The number of methoxy groups -OCH3 is 1. The smallest absolute Gasteiger partial charge is 0.164 e. The summed E-state index contributed by atoms with van der Waals surface area (Å²) in [6.07, 6.45) is 0.928. The van der Waals surface area contributed by atoms with Gasteiger partial charge in [-0.3, -0.25) is 0 Å². The Labute approximate surface area is 173 Å². The zero-order valence-electron chi connectivity index (χ0n) is 17.4. The van der Waals surface area contributed by atoms with Crippen LogP contribution in [0.4, 0.5) is 0 Å². The van der Waals surface area contributed by atoms with Crippen molar-refractivity contribution in [1.29, 1.82) is 0 Å². The molecule has 1 heterocycles. The molecule has 0 saturated carbocycles. The summed E-state index contributed by atoms with van der Waals surface area (Å²) in [6.45, 7) is 9.02. The lowest BCUT2D eigenvalue weighted by molar-refractivity contribution is -0.166. The van der Waals surface area contributed by atoms with Crippen LogP contribution in [0.15, 0.2) is 67.3 Å². The highest BCUT2D eigenvalue weighted by Gasteiger charge is 2.44. The van der Waals surface area contributed by atoms with Gasteiger partial charge in [0.2, 0.25) is 0 Å². The molecule has 0 aliphatic carbocycles. The van der Waals surface area contributed by atoms with Gasteiger partial charge in [-0.1, -0.05) is 48.5 Å². The van der Waals surface area contributed by atoms with Crippen LogP contribution < -0.4 is 4.74 Å². The van der Waals surface area contributed by atoms with Gasteiger partial charge in [0.15, 0.2) is 5.79 Å². The highest BCUT2D eigenvalue weighted by atomic mass is 16.8. The maximum atomic E-state index is 6.21. The van der Waals surface area contributed by atoms with E-state index in [1.807, 2.05) is 68.4 Å². The van der Waals surface area contributed by atoms with Crippen LogP contribution in [0.2, 0.25) is 0 Å². The van der Waals surface area contributed by atoms with Crippen molar-refractivity contribution < 1.29 is 23.7 Å². The zero-order chi connectivity index (χ0) is 20.7. The molecule has 5 heteroatoms. The van der Waals surface area contributed by atoms with Gasteiger partial charge in [-0.05, 0) is 37.1 Å². The molecular weight excluding hydrogens is 368 g/mol. The second kappa shape index (κ2) is 10.0. The van der Waals surface area contributed by atoms with Crippen LogP contribution in [0.3, 0.4) is 0 Å². The minimum absolute atomic E-state index is 0.254. The van der Waals surface area contributed by atoms with E-state index in [0.29, 0.717) is 19.8 Å². The van der Waals surface area contributed by atoms with Crippen LogP contribution in [-0.2, 0) is 32.2 Å². The van der Waals surface area contributed by atoms with Crippen molar-refractivity contribution in [3.8, 4) is 5.75 Å². The minimum Gasteiger partial charge on any atom is -0.497 e. The van der Waals surface area contributed by atoms with Gasteiger partial charge in [0.05, 0.1) is 26.9 Å². The van der Waals surface area contributed by atoms with E-state index in [4.69, 9.17) is 23.7 Å². The van der Waals surface area contributed by atoms with E-state index >= 15 is 0 Å². The summed E-state index contributed by atoms with van der Waals surface area (Å²) in [5.74, 6) is 0.138. The predicted octanol–water partition coefficient (Wildman–Crippen LogP) is 4.50. The van der Waals surface area contributed by atoms with E-state index in [9.17, 15) is 0 Å². The van der Waals surface area contributed by atoms with Crippen LogP contribution in [0.1, 0.15) is 25.0 Å². The predicted molar refractivity (Wildman–Crippen MR) is 112 cm³/mol. The van der Waals surface area contributed by atoms with Gasteiger partial charge in [-0.2, -0.15) is 0 Å². The molecule has 0 radical (unpaired) electrons. The van der Waals surface area contributed by atoms with Crippen molar-refractivity contribution in [2.75, 3.05) is 13.7 Å². The molecule has 2 aromatic rings. The van der Waals surface area contributed by atoms with E-state index in [0.717, 1.165) is 16.9 Å². The Morgan fingerprint density at radius 2 is 1.69 bits per heavy atom. The Morgan fingerprint density at radius 3 is 2.34 bits per heavy atom. The summed E-state index contributed by atoms with van der Waals surface area (Å²) in [7, 11) is 1.65. The third-order valence-corrected chi connectivity index (χ3v) is 4.78. The molecular formula is C24H30O5. The Balaban J connectivity index is 1.63. The molecule has 1 aliphatic heterocycles. The van der Waals surface area contributed by atoms with E-state index in [1.165, 1.54) is 0 Å². The fourth-order valence-corrected chi connectivity index (χ4v) is 3.32. The quantitative estimate of drug-likeness (QED) is 0.551. The Morgan fingerprint density at radius 1 is 1.00 bits per heavy atom. The molecule has 0 amide bonds. The summed E-state index contributed by atoms with van der Waals surface area (Å²) < 4.78 is 29.5. The van der Waals surface area contributed by atoms with Gasteiger partial charge in [0.1, 0.15) is 24.1 Å². The monoisotopic (exact) mass is 398 g/mol. The van der Waals surface area contributed by atoms with Crippen LogP contribution in [0.5, 0.6) is 5.75 Å². The SMILES string of the molecule is C=C[C@@H]1OC(C)(C)O[C@H]1[C@@H](COCc1ccc(OC)cc1)OCc1ccccc1. The Hall–Kier alpha value is -2.18. The summed E-state index contributed by atoms with van der Waals surface area (Å²) in [5, 5.41) is 0. The van der Waals surface area contributed by atoms with Crippen molar-refractivity contribution in [2.45, 2.75) is 51.2 Å². The molecule has 1 fully saturated rings. The van der Waals surface area contributed by atoms with Crippen molar-refractivity contribution in [2.24, 2.45) is 0 Å². The highest BCUT2D eigenvalue weighted by Crippen LogP contribution is 2.32. The van der Waals surface area contributed by atoms with Gasteiger partial charge in [0, 0.05) is 0 Å². The van der Waals surface area contributed by atoms with Crippen molar-refractivity contribution >= 4 is 0 Å². The second-order valence-electron chi connectivity index (χ2n) is 7.50. The van der Waals surface area contributed by atoms with Crippen molar-refractivity contribution in [3.63, 3.8) is 0 Å². The first-order valence-corrected chi connectivity index (χ1v) is 9.85. The molecule has 0 spiro atoms. The van der Waals surface area contributed by atoms with Gasteiger partial charge < -0.3 is 23.7 Å². The molecule has 156 valence electrons. The third-order valence-electron chi connectivity index (χ3n) is 4.78. The van der Waals surface area contributed by atoms with Gasteiger partial charge in [-0.15, -0.1) is 6.58 Å². The molecule has 0 bridgehead atoms. The number of hydrogen-bond acceptors (Lipinski definition) is 5. The molecule has 29 heavy (non-hydrogen) atoms. The first-order valence-electron chi connectivity index (χ1n) is 9.85. The fraction of sp³-hybridized carbons (Fsp3) is 0.417. The van der Waals surface area contributed by atoms with E-state index < -0.39 is 5.79 Å². The van der Waals surface area contributed by atoms with Crippen LogP contribution in [-0.4, -0.2) is 37.8 Å². The molecule has 1 saturated heterocycles. The van der Waals surface area contributed by atoms with Crippen LogP contribution in [0, 0.1) is 0 Å².